The maximum atomic E-state index is 4.49. The van der Waals surface area contributed by atoms with E-state index in [0.29, 0.717) is 12.0 Å². The molecule has 3 heterocycles. The predicted molar refractivity (Wildman–Crippen MR) is 67.2 cm³/mol. The molecule has 1 saturated heterocycles. The van der Waals surface area contributed by atoms with Gasteiger partial charge in [-0.1, -0.05) is 6.07 Å². The quantitative estimate of drug-likeness (QED) is 0.833. The first kappa shape index (κ1) is 10.5. The Kier molecular flexibility index (Phi) is 2.68. The molecule has 0 radical (unpaired) electrons. The molecule has 2 aromatic heterocycles. The number of hydrogen-bond donors (Lipinski definition) is 2. The van der Waals surface area contributed by atoms with E-state index in [1.807, 2.05) is 29.8 Å². The number of aryl methyl sites for hydroxylation is 1. The van der Waals surface area contributed by atoms with Gasteiger partial charge in [0.2, 0.25) is 5.95 Å². The molecule has 5 heteroatoms. The second kappa shape index (κ2) is 4.33. The van der Waals surface area contributed by atoms with E-state index in [1.165, 1.54) is 12.8 Å². The Balaban J connectivity index is 1.74. The Morgan fingerprint density at radius 3 is 3.29 bits per heavy atom. The van der Waals surface area contributed by atoms with Gasteiger partial charge >= 0.3 is 0 Å². The standard InChI is InChI=1S/C12H17N5/c1-9-4-3-7-17-11(9)15-12(16-17)14-8-10-5-2-6-13-10/h3-4,7,10,13H,2,5-6,8H2,1H3,(H,14,16). The van der Waals surface area contributed by atoms with Gasteiger partial charge in [0, 0.05) is 18.8 Å². The van der Waals surface area contributed by atoms with E-state index < -0.39 is 0 Å². The van der Waals surface area contributed by atoms with E-state index >= 15 is 0 Å². The van der Waals surface area contributed by atoms with Gasteiger partial charge in [-0.05, 0) is 37.9 Å². The minimum Gasteiger partial charge on any atom is -0.351 e. The third-order valence-electron chi connectivity index (χ3n) is 3.23. The maximum absolute atomic E-state index is 4.49. The van der Waals surface area contributed by atoms with Crippen LogP contribution in [0.25, 0.3) is 5.65 Å². The van der Waals surface area contributed by atoms with Crippen LogP contribution in [-0.2, 0) is 0 Å². The van der Waals surface area contributed by atoms with Crippen molar-refractivity contribution in [3.05, 3.63) is 23.9 Å². The third kappa shape index (κ3) is 2.10. The summed E-state index contributed by atoms with van der Waals surface area (Å²) in [6.07, 6.45) is 4.43. The molecule has 17 heavy (non-hydrogen) atoms. The zero-order valence-corrected chi connectivity index (χ0v) is 9.98. The van der Waals surface area contributed by atoms with Crippen LogP contribution in [0.3, 0.4) is 0 Å². The SMILES string of the molecule is Cc1cccn2nc(NCC3CCCN3)nc12. The van der Waals surface area contributed by atoms with Crippen LogP contribution in [0.1, 0.15) is 18.4 Å². The Hall–Kier alpha value is -1.62. The Labute approximate surface area is 100 Å². The van der Waals surface area contributed by atoms with E-state index in [4.69, 9.17) is 0 Å². The van der Waals surface area contributed by atoms with Crippen molar-refractivity contribution in [3.63, 3.8) is 0 Å². The van der Waals surface area contributed by atoms with Crippen LogP contribution in [-0.4, -0.2) is 33.7 Å². The summed E-state index contributed by atoms with van der Waals surface area (Å²) >= 11 is 0. The van der Waals surface area contributed by atoms with Crippen LogP contribution in [0.2, 0.25) is 0 Å². The van der Waals surface area contributed by atoms with Gasteiger partial charge < -0.3 is 10.6 Å². The summed E-state index contributed by atoms with van der Waals surface area (Å²) in [5.74, 6) is 0.716. The van der Waals surface area contributed by atoms with Gasteiger partial charge in [-0.25, -0.2) is 4.52 Å². The molecule has 0 saturated carbocycles. The highest BCUT2D eigenvalue weighted by atomic mass is 15.3. The summed E-state index contributed by atoms with van der Waals surface area (Å²) in [6.45, 7) is 4.08. The molecule has 1 atom stereocenters. The molecule has 1 unspecified atom stereocenters. The van der Waals surface area contributed by atoms with Crippen LogP contribution >= 0.6 is 0 Å². The molecule has 2 aromatic rings. The summed E-state index contributed by atoms with van der Waals surface area (Å²) in [4.78, 5) is 4.49. The van der Waals surface area contributed by atoms with E-state index in [0.717, 1.165) is 24.3 Å². The fraction of sp³-hybridized carbons (Fsp3) is 0.500. The number of rotatable bonds is 3. The Morgan fingerprint density at radius 2 is 2.53 bits per heavy atom. The summed E-state index contributed by atoms with van der Waals surface area (Å²) < 4.78 is 1.82. The summed E-state index contributed by atoms with van der Waals surface area (Å²) in [5, 5.41) is 11.1. The van der Waals surface area contributed by atoms with E-state index in [1.54, 1.807) is 0 Å². The van der Waals surface area contributed by atoms with Gasteiger partial charge in [-0.15, -0.1) is 5.10 Å². The fourth-order valence-corrected chi connectivity index (χ4v) is 2.26. The van der Waals surface area contributed by atoms with E-state index in [2.05, 4.69) is 20.7 Å². The van der Waals surface area contributed by atoms with Crippen LogP contribution in [0, 0.1) is 6.92 Å². The molecule has 0 aromatic carbocycles. The molecule has 3 rings (SSSR count). The second-order valence-corrected chi connectivity index (χ2v) is 4.57. The molecule has 0 spiro atoms. The van der Waals surface area contributed by atoms with Crippen molar-refractivity contribution in [3.8, 4) is 0 Å². The number of fused-ring (bicyclic) bond motifs is 1. The number of nitrogens with zero attached hydrogens (tertiary/aromatic N) is 3. The van der Waals surface area contributed by atoms with Gasteiger partial charge in [0.05, 0.1) is 0 Å². The van der Waals surface area contributed by atoms with Crippen molar-refractivity contribution in [1.82, 2.24) is 19.9 Å². The third-order valence-corrected chi connectivity index (χ3v) is 3.23. The first-order valence-electron chi connectivity index (χ1n) is 6.12. The lowest BCUT2D eigenvalue weighted by Crippen LogP contribution is -2.29. The van der Waals surface area contributed by atoms with Crippen LogP contribution in [0.5, 0.6) is 0 Å². The van der Waals surface area contributed by atoms with Crippen LogP contribution in [0.15, 0.2) is 18.3 Å². The molecule has 2 N–H and O–H groups in total. The normalized spacial score (nSPS) is 19.9. The predicted octanol–water partition coefficient (Wildman–Crippen LogP) is 1.20. The van der Waals surface area contributed by atoms with Crippen molar-refractivity contribution in [2.75, 3.05) is 18.4 Å². The maximum Gasteiger partial charge on any atom is 0.243 e. The van der Waals surface area contributed by atoms with E-state index in [-0.39, 0.29) is 0 Å². The first-order valence-corrected chi connectivity index (χ1v) is 6.12. The number of aromatic nitrogens is 3. The van der Waals surface area contributed by atoms with Crippen molar-refractivity contribution in [2.45, 2.75) is 25.8 Å². The molecule has 1 aliphatic heterocycles. The minimum absolute atomic E-state index is 0.558. The first-order chi connectivity index (χ1) is 8.33. The van der Waals surface area contributed by atoms with Crippen molar-refractivity contribution in [1.29, 1.82) is 0 Å². The number of hydrogen-bond acceptors (Lipinski definition) is 4. The smallest absolute Gasteiger partial charge is 0.243 e. The molecular formula is C12H17N5. The fourth-order valence-electron chi connectivity index (χ4n) is 2.26. The highest BCUT2D eigenvalue weighted by Crippen LogP contribution is 2.11. The molecule has 90 valence electrons. The van der Waals surface area contributed by atoms with Gasteiger partial charge in [0.15, 0.2) is 5.65 Å². The van der Waals surface area contributed by atoms with Crippen molar-refractivity contribution in [2.24, 2.45) is 0 Å². The molecule has 1 aliphatic rings. The van der Waals surface area contributed by atoms with Gasteiger partial charge in [0.1, 0.15) is 0 Å². The topological polar surface area (TPSA) is 54.2 Å². The van der Waals surface area contributed by atoms with Gasteiger partial charge in [-0.3, -0.25) is 0 Å². The van der Waals surface area contributed by atoms with E-state index in [9.17, 15) is 0 Å². The lowest BCUT2D eigenvalue weighted by atomic mass is 10.2. The summed E-state index contributed by atoms with van der Waals surface area (Å²) in [7, 11) is 0. The highest BCUT2D eigenvalue weighted by molar-refractivity contribution is 5.49. The van der Waals surface area contributed by atoms with Crippen molar-refractivity contribution < 1.29 is 0 Å². The number of pyridine rings is 1. The minimum atomic E-state index is 0.558. The summed E-state index contributed by atoms with van der Waals surface area (Å²) in [6, 6.07) is 4.59. The monoisotopic (exact) mass is 231 g/mol. The average Bonchev–Trinajstić information content (AvgIpc) is 2.95. The largest absolute Gasteiger partial charge is 0.351 e. The number of nitrogens with one attached hydrogen (secondary N) is 2. The number of anilines is 1. The highest BCUT2D eigenvalue weighted by Gasteiger charge is 2.14. The molecule has 0 aliphatic carbocycles. The zero-order chi connectivity index (χ0) is 11.7. The molecular weight excluding hydrogens is 214 g/mol. The molecule has 0 bridgehead atoms. The van der Waals surface area contributed by atoms with Gasteiger partial charge in [0.25, 0.3) is 0 Å². The molecule has 5 nitrogen and oxygen atoms in total. The Morgan fingerprint density at radius 1 is 1.59 bits per heavy atom. The van der Waals surface area contributed by atoms with Crippen LogP contribution in [0.4, 0.5) is 5.95 Å². The van der Waals surface area contributed by atoms with Crippen LogP contribution < -0.4 is 10.6 Å². The lowest BCUT2D eigenvalue weighted by Gasteiger charge is -2.09. The zero-order valence-electron chi connectivity index (χ0n) is 9.98. The van der Waals surface area contributed by atoms with Crippen molar-refractivity contribution >= 4 is 11.6 Å². The van der Waals surface area contributed by atoms with Gasteiger partial charge in [-0.2, -0.15) is 4.98 Å². The molecule has 0 amide bonds. The summed E-state index contributed by atoms with van der Waals surface area (Å²) in [5.41, 5.74) is 2.07. The Bertz CT molecular complexity index is 513. The second-order valence-electron chi connectivity index (χ2n) is 4.57. The average molecular weight is 231 g/mol. The molecule has 1 fully saturated rings. The lowest BCUT2D eigenvalue weighted by molar-refractivity contribution is 0.631.